The number of benzene rings is 1. The molecule has 2 aromatic rings. The zero-order chi connectivity index (χ0) is 18.9. The molecule has 0 saturated carbocycles. The zero-order valence-corrected chi connectivity index (χ0v) is 14.9. The molecule has 1 aromatic carbocycles. The summed E-state index contributed by atoms with van der Waals surface area (Å²) in [5, 5.41) is 3.06. The van der Waals surface area contributed by atoms with Crippen LogP contribution < -0.4 is 5.32 Å². The van der Waals surface area contributed by atoms with Crippen LogP contribution in [0.4, 0.5) is 13.2 Å². The Morgan fingerprint density at radius 3 is 2.65 bits per heavy atom. The summed E-state index contributed by atoms with van der Waals surface area (Å²) in [5.41, 5.74) is 0.139. The normalized spacial score (nSPS) is 19.6. The van der Waals surface area contributed by atoms with Crippen LogP contribution in [0.25, 0.3) is 10.9 Å². The summed E-state index contributed by atoms with van der Waals surface area (Å²) in [7, 11) is -3.13. The minimum atomic E-state index is -4.69. The lowest BCUT2D eigenvalue weighted by atomic mass is 10.2. The van der Waals surface area contributed by atoms with E-state index in [0.29, 0.717) is 11.8 Å². The molecule has 11 heteroatoms. The fourth-order valence-electron chi connectivity index (χ4n) is 2.60. The molecule has 1 fully saturated rings. The maximum atomic E-state index is 13.0. The Labute approximate surface area is 151 Å². The number of aromatic nitrogens is 2. The highest BCUT2D eigenvalue weighted by molar-refractivity contribution is 8.00. The Kier molecular flexibility index (Phi) is 5.11. The van der Waals surface area contributed by atoms with Gasteiger partial charge in [0.05, 0.1) is 22.8 Å². The molecule has 1 aromatic heterocycles. The SMILES string of the molecule is O=C(CSc1nc(C(F)(F)F)nc2ccccc12)N[C@@H]1CCS(=O)(=O)C1. The van der Waals surface area contributed by atoms with Crippen LogP contribution in [0.3, 0.4) is 0 Å². The molecule has 0 radical (unpaired) electrons. The van der Waals surface area contributed by atoms with Crippen molar-refractivity contribution in [2.24, 2.45) is 0 Å². The Morgan fingerprint density at radius 2 is 2.00 bits per heavy atom. The smallest absolute Gasteiger partial charge is 0.352 e. The van der Waals surface area contributed by atoms with Gasteiger partial charge in [-0.2, -0.15) is 13.2 Å². The molecule has 140 valence electrons. The van der Waals surface area contributed by atoms with Gasteiger partial charge in [-0.15, -0.1) is 0 Å². The summed E-state index contributed by atoms with van der Waals surface area (Å²) < 4.78 is 61.7. The van der Waals surface area contributed by atoms with E-state index in [9.17, 15) is 26.4 Å². The molecule has 1 aliphatic rings. The summed E-state index contributed by atoms with van der Waals surface area (Å²) in [6, 6.07) is 5.78. The summed E-state index contributed by atoms with van der Waals surface area (Å²) in [5.74, 6) is -1.97. The molecular formula is C15H14F3N3O3S2. The molecule has 26 heavy (non-hydrogen) atoms. The number of nitrogens with one attached hydrogen (secondary N) is 1. The third-order valence-corrected chi connectivity index (χ3v) is 6.52. The van der Waals surface area contributed by atoms with E-state index in [1.54, 1.807) is 18.2 Å². The Bertz CT molecular complexity index is 948. The molecule has 0 unspecified atom stereocenters. The average molecular weight is 405 g/mol. The van der Waals surface area contributed by atoms with Gasteiger partial charge in [-0.3, -0.25) is 4.79 Å². The zero-order valence-electron chi connectivity index (χ0n) is 13.3. The monoisotopic (exact) mass is 405 g/mol. The molecular weight excluding hydrogens is 391 g/mol. The first kappa shape index (κ1) is 18.9. The topological polar surface area (TPSA) is 89.0 Å². The van der Waals surface area contributed by atoms with Crippen LogP contribution >= 0.6 is 11.8 Å². The molecule has 1 atom stereocenters. The van der Waals surface area contributed by atoms with E-state index in [-0.39, 0.29) is 27.8 Å². The van der Waals surface area contributed by atoms with Crippen LogP contribution in [-0.2, 0) is 20.8 Å². The summed E-state index contributed by atoms with van der Waals surface area (Å²) in [6.45, 7) is 0. The summed E-state index contributed by atoms with van der Waals surface area (Å²) in [6.07, 6.45) is -4.35. The van der Waals surface area contributed by atoms with Crippen molar-refractivity contribution in [3.63, 3.8) is 0 Å². The predicted molar refractivity (Wildman–Crippen MR) is 90.5 cm³/mol. The van der Waals surface area contributed by atoms with Crippen molar-refractivity contribution in [3.8, 4) is 0 Å². The maximum Gasteiger partial charge on any atom is 0.451 e. The molecule has 0 bridgehead atoms. The molecule has 1 N–H and O–H groups in total. The first-order valence-corrected chi connectivity index (χ1v) is 10.4. The number of alkyl halides is 3. The second kappa shape index (κ2) is 7.03. The lowest BCUT2D eigenvalue weighted by molar-refractivity contribution is -0.145. The van der Waals surface area contributed by atoms with Crippen LogP contribution in [0, 0.1) is 0 Å². The number of carbonyl (C=O) groups is 1. The van der Waals surface area contributed by atoms with Gasteiger partial charge in [-0.1, -0.05) is 30.0 Å². The quantitative estimate of drug-likeness (QED) is 0.619. The number of halogens is 3. The number of fused-ring (bicyclic) bond motifs is 1. The number of rotatable bonds is 4. The van der Waals surface area contributed by atoms with Gasteiger partial charge in [0, 0.05) is 11.4 Å². The minimum Gasteiger partial charge on any atom is -0.352 e. The van der Waals surface area contributed by atoms with Gasteiger partial charge in [-0.25, -0.2) is 18.4 Å². The molecule has 2 heterocycles. The second-order valence-electron chi connectivity index (χ2n) is 5.82. The largest absolute Gasteiger partial charge is 0.451 e. The van der Waals surface area contributed by atoms with E-state index in [1.807, 2.05) is 0 Å². The fraction of sp³-hybridized carbons (Fsp3) is 0.400. The van der Waals surface area contributed by atoms with E-state index in [2.05, 4.69) is 15.3 Å². The summed E-state index contributed by atoms with van der Waals surface area (Å²) >= 11 is 0.859. The lowest BCUT2D eigenvalue weighted by Gasteiger charge is -2.12. The molecule has 1 aliphatic heterocycles. The number of nitrogens with zero attached hydrogens (tertiary/aromatic N) is 2. The van der Waals surface area contributed by atoms with Gasteiger partial charge in [-0.05, 0) is 12.5 Å². The van der Waals surface area contributed by atoms with Crippen LogP contribution in [-0.4, -0.2) is 47.6 Å². The van der Waals surface area contributed by atoms with E-state index in [0.717, 1.165) is 11.8 Å². The standard InChI is InChI=1S/C15H14F3N3O3S2/c16-15(17,18)14-20-11-4-2-1-3-10(11)13(21-14)25-7-12(22)19-9-5-6-26(23,24)8-9/h1-4,9H,5-8H2,(H,19,22)/t9-/m1/s1. The van der Waals surface area contributed by atoms with Gasteiger partial charge < -0.3 is 5.32 Å². The van der Waals surface area contributed by atoms with E-state index in [1.165, 1.54) is 6.07 Å². The Hall–Kier alpha value is -1.88. The van der Waals surface area contributed by atoms with Gasteiger partial charge >= 0.3 is 6.18 Å². The molecule has 1 amide bonds. The van der Waals surface area contributed by atoms with Gasteiger partial charge in [0.15, 0.2) is 9.84 Å². The van der Waals surface area contributed by atoms with Crippen molar-refractivity contribution in [2.75, 3.05) is 17.3 Å². The minimum absolute atomic E-state index is 0.0244. The second-order valence-corrected chi connectivity index (χ2v) is 9.02. The fourth-order valence-corrected chi connectivity index (χ4v) is 5.10. The predicted octanol–water partition coefficient (Wildman–Crippen LogP) is 2.04. The van der Waals surface area contributed by atoms with Crippen LogP contribution in [0.2, 0.25) is 0 Å². The lowest BCUT2D eigenvalue weighted by Crippen LogP contribution is -2.36. The third kappa shape index (κ3) is 4.44. The third-order valence-electron chi connectivity index (χ3n) is 3.76. The molecule has 0 aliphatic carbocycles. The molecule has 0 spiro atoms. The van der Waals surface area contributed by atoms with Crippen molar-refractivity contribution < 1.29 is 26.4 Å². The van der Waals surface area contributed by atoms with Crippen molar-refractivity contribution in [1.82, 2.24) is 15.3 Å². The Morgan fingerprint density at radius 1 is 1.27 bits per heavy atom. The van der Waals surface area contributed by atoms with Crippen LogP contribution in [0.5, 0.6) is 0 Å². The van der Waals surface area contributed by atoms with Crippen molar-refractivity contribution >= 4 is 38.4 Å². The molecule has 6 nitrogen and oxygen atoms in total. The van der Waals surface area contributed by atoms with Crippen molar-refractivity contribution in [3.05, 3.63) is 30.1 Å². The molecule has 3 rings (SSSR count). The number of thioether (sulfide) groups is 1. The number of sulfone groups is 1. The first-order valence-electron chi connectivity index (χ1n) is 7.61. The average Bonchev–Trinajstić information content (AvgIpc) is 2.90. The van der Waals surface area contributed by atoms with Crippen LogP contribution in [0.1, 0.15) is 12.2 Å². The summed E-state index contributed by atoms with van der Waals surface area (Å²) in [4.78, 5) is 19.1. The molecule has 1 saturated heterocycles. The highest BCUT2D eigenvalue weighted by Crippen LogP contribution is 2.32. The van der Waals surface area contributed by atoms with E-state index < -0.39 is 33.8 Å². The van der Waals surface area contributed by atoms with Gasteiger partial charge in [0.25, 0.3) is 0 Å². The number of amides is 1. The van der Waals surface area contributed by atoms with Gasteiger partial charge in [0.2, 0.25) is 11.7 Å². The van der Waals surface area contributed by atoms with Crippen molar-refractivity contribution in [1.29, 1.82) is 0 Å². The first-order chi connectivity index (χ1) is 12.1. The maximum absolute atomic E-state index is 13.0. The van der Waals surface area contributed by atoms with Crippen molar-refractivity contribution in [2.45, 2.75) is 23.7 Å². The van der Waals surface area contributed by atoms with Gasteiger partial charge in [0.1, 0.15) is 5.03 Å². The van der Waals surface area contributed by atoms with E-state index in [4.69, 9.17) is 0 Å². The number of hydrogen-bond donors (Lipinski definition) is 1. The number of hydrogen-bond acceptors (Lipinski definition) is 6. The highest BCUT2D eigenvalue weighted by Gasteiger charge is 2.35. The van der Waals surface area contributed by atoms with Crippen LogP contribution in [0.15, 0.2) is 29.3 Å². The number of para-hydroxylation sites is 1. The number of carbonyl (C=O) groups excluding carboxylic acids is 1. The van der Waals surface area contributed by atoms with E-state index >= 15 is 0 Å². The highest BCUT2D eigenvalue weighted by atomic mass is 32.2. The Balaban J connectivity index is 1.75.